The highest BCUT2D eigenvalue weighted by Crippen LogP contribution is 2.41. The summed E-state index contributed by atoms with van der Waals surface area (Å²) in [5, 5.41) is 10.7. The molecule has 1 amide bonds. The molecule has 7 heteroatoms. The highest BCUT2D eigenvalue weighted by atomic mass is 16.5. The van der Waals surface area contributed by atoms with E-state index in [1.807, 2.05) is 44.2 Å². The number of hydrogen-bond acceptors (Lipinski definition) is 6. The van der Waals surface area contributed by atoms with Gasteiger partial charge in [-0.25, -0.2) is 0 Å². The summed E-state index contributed by atoms with van der Waals surface area (Å²) in [7, 11) is 3.10. The van der Waals surface area contributed by atoms with E-state index in [1.54, 1.807) is 32.4 Å². The molecule has 2 aromatic rings. The molecule has 3 rings (SSSR count). The van der Waals surface area contributed by atoms with Crippen molar-refractivity contribution in [3.05, 3.63) is 71.0 Å². The molecule has 0 aromatic heterocycles. The quantitative estimate of drug-likeness (QED) is 0.502. The van der Waals surface area contributed by atoms with Gasteiger partial charge in [0.2, 0.25) is 0 Å². The molecule has 2 aromatic carbocycles. The van der Waals surface area contributed by atoms with Crippen LogP contribution in [-0.2, 0) is 20.7 Å². The van der Waals surface area contributed by atoms with E-state index in [-0.39, 0.29) is 30.9 Å². The van der Waals surface area contributed by atoms with E-state index >= 15 is 0 Å². The van der Waals surface area contributed by atoms with Gasteiger partial charge in [-0.05, 0) is 35.6 Å². The molecule has 0 aliphatic carbocycles. The van der Waals surface area contributed by atoms with Gasteiger partial charge in [-0.3, -0.25) is 9.59 Å². The number of benzene rings is 2. The van der Waals surface area contributed by atoms with Gasteiger partial charge in [-0.1, -0.05) is 50.2 Å². The molecule has 1 heterocycles. The number of hydrogen-bond donors (Lipinski definition) is 1. The van der Waals surface area contributed by atoms with Gasteiger partial charge in [-0.15, -0.1) is 0 Å². The lowest BCUT2D eigenvalue weighted by molar-refractivity contribution is -0.130. The van der Waals surface area contributed by atoms with Crippen LogP contribution < -0.4 is 9.47 Å². The van der Waals surface area contributed by atoms with Crippen LogP contribution in [0.1, 0.15) is 37.4 Å². The summed E-state index contributed by atoms with van der Waals surface area (Å²) < 4.78 is 16.6. The van der Waals surface area contributed by atoms with E-state index < -0.39 is 17.7 Å². The fraction of sp³-hybridized carbons (Fsp3) is 0.407. The Hall–Kier alpha value is -3.32. The minimum Gasteiger partial charge on any atom is -0.503 e. The summed E-state index contributed by atoms with van der Waals surface area (Å²) >= 11 is 0. The number of methoxy groups -OCH3 is 2. The molecule has 1 N–H and O–H groups in total. The number of aliphatic hydroxyl groups excluding tert-OH is 1. The second-order valence-electron chi connectivity index (χ2n) is 8.68. The van der Waals surface area contributed by atoms with Crippen LogP contribution in [0.3, 0.4) is 0 Å². The topological polar surface area (TPSA) is 85.3 Å². The van der Waals surface area contributed by atoms with E-state index in [1.165, 1.54) is 4.90 Å². The second kappa shape index (κ2) is 11.7. The molecular weight excluding hydrogens is 434 g/mol. The van der Waals surface area contributed by atoms with Gasteiger partial charge in [0.25, 0.3) is 5.91 Å². The first kappa shape index (κ1) is 25.3. The maximum absolute atomic E-state index is 13.3. The van der Waals surface area contributed by atoms with E-state index in [4.69, 9.17) is 14.2 Å². The molecule has 0 saturated carbocycles. The van der Waals surface area contributed by atoms with E-state index in [0.29, 0.717) is 36.0 Å². The Kier molecular flexibility index (Phi) is 8.71. The first-order valence-electron chi connectivity index (χ1n) is 11.5. The van der Waals surface area contributed by atoms with Crippen molar-refractivity contribution in [2.75, 3.05) is 34.0 Å². The molecule has 0 fully saturated rings. The van der Waals surface area contributed by atoms with Gasteiger partial charge >= 0.3 is 0 Å². The van der Waals surface area contributed by atoms with Crippen LogP contribution in [0.2, 0.25) is 0 Å². The monoisotopic (exact) mass is 467 g/mol. The minimum absolute atomic E-state index is 0.108. The fourth-order valence-corrected chi connectivity index (χ4v) is 3.98. The maximum atomic E-state index is 13.3. The number of carbonyl (C=O) groups excluding carboxylic acids is 2. The molecular formula is C27H33NO6. The van der Waals surface area contributed by atoms with Crippen LogP contribution in [0.4, 0.5) is 0 Å². The highest BCUT2D eigenvalue weighted by molar-refractivity contribution is 6.09. The molecule has 0 radical (unpaired) electrons. The molecule has 1 atom stereocenters. The zero-order valence-corrected chi connectivity index (χ0v) is 20.2. The van der Waals surface area contributed by atoms with Crippen molar-refractivity contribution in [3.8, 4) is 11.5 Å². The maximum Gasteiger partial charge on any atom is 0.290 e. The number of Topliss-reactive ketones (excluding diaryl/α,β-unsaturated/α-hetero) is 1. The zero-order chi connectivity index (χ0) is 24.7. The zero-order valence-electron chi connectivity index (χ0n) is 20.2. The summed E-state index contributed by atoms with van der Waals surface area (Å²) in [6.07, 6.45) is 0.693. The molecule has 1 aliphatic heterocycles. The van der Waals surface area contributed by atoms with Gasteiger partial charge in [0.15, 0.2) is 23.0 Å². The third-order valence-corrected chi connectivity index (χ3v) is 5.70. The Morgan fingerprint density at radius 1 is 1.09 bits per heavy atom. The van der Waals surface area contributed by atoms with Crippen LogP contribution in [0, 0.1) is 5.92 Å². The van der Waals surface area contributed by atoms with Gasteiger partial charge in [0.1, 0.15) is 0 Å². The normalized spacial score (nSPS) is 15.9. The number of aryl methyl sites for hydroxylation is 1. The summed E-state index contributed by atoms with van der Waals surface area (Å²) in [5.74, 6) is 0.0432. The largest absolute Gasteiger partial charge is 0.503 e. The standard InChI is InChI=1S/C27H33NO6/c1-18(2)17-34-23-16-20(11-13-22(23)33-4)25-24(26(30)27(31)28(25)14-15-32-3)21(29)12-10-19-8-6-5-7-9-19/h5-9,11,13,16,18,25,30H,10,12,14-15,17H2,1-4H3. The lowest BCUT2D eigenvalue weighted by Gasteiger charge is -2.27. The first-order valence-corrected chi connectivity index (χ1v) is 11.5. The van der Waals surface area contributed by atoms with Crippen molar-refractivity contribution in [1.82, 2.24) is 4.90 Å². The Labute approximate surface area is 200 Å². The number of nitrogens with zero attached hydrogens (tertiary/aromatic N) is 1. The molecule has 0 bridgehead atoms. The lowest BCUT2D eigenvalue weighted by Crippen LogP contribution is -2.34. The van der Waals surface area contributed by atoms with Gasteiger partial charge < -0.3 is 24.2 Å². The van der Waals surface area contributed by atoms with Crippen LogP contribution in [-0.4, -0.2) is 55.7 Å². The third-order valence-electron chi connectivity index (χ3n) is 5.70. The van der Waals surface area contributed by atoms with Crippen molar-refractivity contribution >= 4 is 11.7 Å². The van der Waals surface area contributed by atoms with E-state index in [0.717, 1.165) is 5.56 Å². The number of ketones is 1. The number of amides is 1. The minimum atomic E-state index is -0.738. The fourth-order valence-electron chi connectivity index (χ4n) is 3.98. The molecule has 0 saturated heterocycles. The number of ether oxygens (including phenoxy) is 3. The van der Waals surface area contributed by atoms with Crippen LogP contribution in [0.15, 0.2) is 59.9 Å². The van der Waals surface area contributed by atoms with Crippen molar-refractivity contribution in [3.63, 3.8) is 0 Å². The van der Waals surface area contributed by atoms with Gasteiger partial charge in [0, 0.05) is 20.1 Å². The van der Waals surface area contributed by atoms with Crippen molar-refractivity contribution in [1.29, 1.82) is 0 Å². The Morgan fingerprint density at radius 3 is 2.47 bits per heavy atom. The van der Waals surface area contributed by atoms with Crippen molar-refractivity contribution in [2.24, 2.45) is 5.92 Å². The molecule has 7 nitrogen and oxygen atoms in total. The second-order valence-corrected chi connectivity index (χ2v) is 8.68. The average molecular weight is 468 g/mol. The van der Waals surface area contributed by atoms with Crippen molar-refractivity contribution in [2.45, 2.75) is 32.7 Å². The number of aliphatic hydroxyl groups is 1. The van der Waals surface area contributed by atoms with Crippen LogP contribution in [0.5, 0.6) is 11.5 Å². The molecule has 34 heavy (non-hydrogen) atoms. The lowest BCUT2D eigenvalue weighted by atomic mass is 9.93. The SMILES string of the molecule is COCCN1C(=O)C(O)=C(C(=O)CCc2ccccc2)C1c1ccc(OC)c(OCC(C)C)c1. The number of carbonyl (C=O) groups is 2. The predicted molar refractivity (Wildman–Crippen MR) is 129 cm³/mol. The van der Waals surface area contributed by atoms with Crippen LogP contribution in [0.25, 0.3) is 0 Å². The van der Waals surface area contributed by atoms with Gasteiger partial charge in [0.05, 0.1) is 31.9 Å². The predicted octanol–water partition coefficient (Wildman–Crippen LogP) is 4.27. The summed E-state index contributed by atoms with van der Waals surface area (Å²) in [5.41, 5.74) is 1.79. The third kappa shape index (κ3) is 5.78. The Balaban J connectivity index is 1.96. The van der Waals surface area contributed by atoms with Gasteiger partial charge in [-0.2, -0.15) is 0 Å². The Morgan fingerprint density at radius 2 is 1.82 bits per heavy atom. The van der Waals surface area contributed by atoms with Crippen molar-refractivity contribution < 1.29 is 28.9 Å². The Bertz CT molecular complexity index is 1030. The summed E-state index contributed by atoms with van der Waals surface area (Å²) in [6.45, 7) is 5.08. The summed E-state index contributed by atoms with van der Waals surface area (Å²) in [6, 6.07) is 14.2. The molecule has 182 valence electrons. The van der Waals surface area contributed by atoms with E-state index in [2.05, 4.69) is 0 Å². The first-order chi connectivity index (χ1) is 16.4. The molecule has 1 unspecified atom stereocenters. The smallest absolute Gasteiger partial charge is 0.290 e. The molecule has 1 aliphatic rings. The molecule has 0 spiro atoms. The highest BCUT2D eigenvalue weighted by Gasteiger charge is 2.43. The summed E-state index contributed by atoms with van der Waals surface area (Å²) in [4.78, 5) is 27.8. The number of rotatable bonds is 12. The van der Waals surface area contributed by atoms with Crippen LogP contribution >= 0.6 is 0 Å². The average Bonchev–Trinajstić information content (AvgIpc) is 3.10. The van der Waals surface area contributed by atoms with E-state index in [9.17, 15) is 14.7 Å².